The molecular weight excluding hydrogens is 478 g/mol. The second-order valence-corrected chi connectivity index (χ2v) is 11.2. The van der Waals surface area contributed by atoms with Crippen LogP contribution in [-0.2, 0) is 10.0 Å². The number of pyridine rings is 2. The highest BCUT2D eigenvalue weighted by molar-refractivity contribution is 7.90. The predicted octanol–water partition coefficient (Wildman–Crippen LogP) is 4.00. The molecule has 190 valence electrons. The summed E-state index contributed by atoms with van der Waals surface area (Å²) >= 11 is 0. The number of methoxy groups -OCH3 is 1. The van der Waals surface area contributed by atoms with E-state index in [4.69, 9.17) is 4.74 Å². The van der Waals surface area contributed by atoms with E-state index in [-0.39, 0.29) is 16.1 Å². The third kappa shape index (κ3) is 4.99. The van der Waals surface area contributed by atoms with Gasteiger partial charge in [0.1, 0.15) is 17.4 Å². The Hall–Kier alpha value is -3.66. The van der Waals surface area contributed by atoms with E-state index in [1.54, 1.807) is 55.6 Å². The van der Waals surface area contributed by atoms with Gasteiger partial charge >= 0.3 is 0 Å². The molecule has 0 saturated carbocycles. The summed E-state index contributed by atoms with van der Waals surface area (Å²) in [5.74, 6) is 1.14. The molecule has 0 spiro atoms. The number of anilines is 3. The molecule has 1 N–H and O–H groups in total. The number of hydrogen-bond donors (Lipinski definition) is 1. The molecule has 1 fully saturated rings. The molecule has 10 heteroatoms. The Morgan fingerprint density at radius 3 is 2.58 bits per heavy atom. The van der Waals surface area contributed by atoms with E-state index in [1.807, 2.05) is 18.2 Å². The number of hydrogen-bond acceptors (Lipinski definition) is 8. The molecule has 2 aromatic heterocycles. The van der Waals surface area contributed by atoms with Crippen molar-refractivity contribution < 1.29 is 17.9 Å². The second kappa shape index (κ2) is 9.77. The third-order valence-electron chi connectivity index (χ3n) is 6.36. The molecule has 9 nitrogen and oxygen atoms in total. The van der Waals surface area contributed by atoms with Crippen molar-refractivity contribution in [1.29, 1.82) is 0 Å². The average Bonchev–Trinajstić information content (AvgIpc) is 3.14. The van der Waals surface area contributed by atoms with Crippen LogP contribution >= 0.6 is 0 Å². The molecule has 0 radical (unpaired) electrons. The number of nitrogens with one attached hydrogen (secondary N) is 1. The van der Waals surface area contributed by atoms with Gasteiger partial charge in [0.25, 0.3) is 15.9 Å². The maximum Gasteiger partial charge on any atom is 0.281 e. The maximum absolute atomic E-state index is 13.2. The van der Waals surface area contributed by atoms with E-state index in [0.717, 1.165) is 13.0 Å². The summed E-state index contributed by atoms with van der Waals surface area (Å²) in [7, 11) is -0.934. The maximum atomic E-state index is 13.2. The van der Waals surface area contributed by atoms with Gasteiger partial charge in [-0.1, -0.05) is 25.1 Å². The number of amides is 1. The van der Waals surface area contributed by atoms with Gasteiger partial charge in [-0.05, 0) is 62.6 Å². The molecule has 1 aromatic carbocycles. The second-order valence-electron chi connectivity index (χ2n) is 9.61. The zero-order valence-corrected chi connectivity index (χ0v) is 21.9. The van der Waals surface area contributed by atoms with Gasteiger partial charge in [-0.25, -0.2) is 14.7 Å². The highest BCUT2D eigenvalue weighted by atomic mass is 32.2. The number of rotatable bonds is 7. The number of carbonyl (C=O) groups is 1. The standard InChI is InChI=1S/C26H31N5O4S/c1-18-16-26(2,3)31(17-18)24-19(10-9-15-27-24)25(32)29-36(33,34)23-14-8-13-22(28-23)30(4)20-11-6-7-12-21(20)35-5/h6-15,18H,16-17H2,1-5H3,(H,29,32). The van der Waals surface area contributed by atoms with Crippen LogP contribution in [-0.4, -0.2) is 50.5 Å². The Balaban J connectivity index is 1.61. The van der Waals surface area contributed by atoms with Crippen LogP contribution in [0.15, 0.2) is 65.8 Å². The van der Waals surface area contributed by atoms with Crippen LogP contribution in [0.2, 0.25) is 0 Å². The Morgan fingerprint density at radius 2 is 1.89 bits per heavy atom. The fourth-order valence-corrected chi connectivity index (χ4v) is 5.68. The van der Waals surface area contributed by atoms with Crippen molar-refractivity contribution in [3.05, 3.63) is 66.4 Å². The number of ether oxygens (including phenoxy) is 1. The van der Waals surface area contributed by atoms with Gasteiger partial charge in [-0.15, -0.1) is 0 Å². The quantitative estimate of drug-likeness (QED) is 0.510. The van der Waals surface area contributed by atoms with E-state index in [2.05, 4.69) is 40.4 Å². The molecular formula is C26H31N5O4S. The highest BCUT2D eigenvalue weighted by Crippen LogP contribution is 2.37. The summed E-state index contributed by atoms with van der Waals surface area (Å²) in [6.45, 7) is 7.07. The summed E-state index contributed by atoms with van der Waals surface area (Å²) in [5.41, 5.74) is 0.708. The van der Waals surface area contributed by atoms with Gasteiger partial charge in [0, 0.05) is 25.3 Å². The van der Waals surface area contributed by atoms with Gasteiger partial charge in [0.15, 0.2) is 5.03 Å². The van der Waals surface area contributed by atoms with Crippen LogP contribution in [0.4, 0.5) is 17.3 Å². The Kier molecular flexibility index (Phi) is 6.90. The van der Waals surface area contributed by atoms with Crippen LogP contribution in [0.1, 0.15) is 37.6 Å². The predicted molar refractivity (Wildman–Crippen MR) is 139 cm³/mol. The number of nitrogens with zero attached hydrogens (tertiary/aromatic N) is 4. The molecule has 3 aromatic rings. The molecule has 4 rings (SSSR count). The van der Waals surface area contributed by atoms with E-state index in [0.29, 0.717) is 29.0 Å². The van der Waals surface area contributed by atoms with Gasteiger partial charge in [-0.3, -0.25) is 4.79 Å². The molecule has 1 aliphatic rings. The fraction of sp³-hybridized carbons (Fsp3) is 0.346. The smallest absolute Gasteiger partial charge is 0.281 e. The van der Waals surface area contributed by atoms with Crippen LogP contribution < -0.4 is 19.3 Å². The van der Waals surface area contributed by atoms with Crippen molar-refractivity contribution in [2.75, 3.05) is 30.5 Å². The van der Waals surface area contributed by atoms with Gasteiger partial charge in [0.05, 0.1) is 18.4 Å². The van der Waals surface area contributed by atoms with Crippen molar-refractivity contribution >= 4 is 33.3 Å². The first kappa shape index (κ1) is 25.4. The summed E-state index contributed by atoms with van der Waals surface area (Å²) < 4.78 is 34.0. The van der Waals surface area contributed by atoms with Crippen molar-refractivity contribution in [3.8, 4) is 5.75 Å². The topological polar surface area (TPSA) is 105 Å². The lowest BCUT2D eigenvalue weighted by Gasteiger charge is -2.33. The van der Waals surface area contributed by atoms with Crippen LogP contribution in [0.3, 0.4) is 0 Å². The van der Waals surface area contributed by atoms with Crippen LogP contribution in [0, 0.1) is 5.92 Å². The first-order valence-electron chi connectivity index (χ1n) is 11.7. The minimum Gasteiger partial charge on any atom is -0.495 e. The van der Waals surface area contributed by atoms with Crippen LogP contribution in [0.5, 0.6) is 5.75 Å². The average molecular weight is 510 g/mol. The zero-order chi connectivity index (χ0) is 26.1. The third-order valence-corrected chi connectivity index (χ3v) is 7.59. The van der Waals surface area contributed by atoms with Crippen molar-refractivity contribution in [2.24, 2.45) is 5.92 Å². The summed E-state index contributed by atoms with van der Waals surface area (Å²) in [5, 5.41) is -0.268. The van der Waals surface area contributed by atoms with E-state index >= 15 is 0 Å². The first-order valence-corrected chi connectivity index (χ1v) is 13.2. The Labute approximate surface area is 212 Å². The zero-order valence-electron chi connectivity index (χ0n) is 21.1. The molecule has 1 saturated heterocycles. The van der Waals surface area contributed by atoms with Gasteiger partial charge in [-0.2, -0.15) is 8.42 Å². The summed E-state index contributed by atoms with van der Waals surface area (Å²) in [4.78, 5) is 25.8. The summed E-state index contributed by atoms with van der Waals surface area (Å²) in [6, 6.07) is 15.2. The summed E-state index contributed by atoms with van der Waals surface area (Å²) in [6.07, 6.45) is 2.55. The number of sulfonamides is 1. The number of carbonyl (C=O) groups excluding carboxylic acids is 1. The first-order chi connectivity index (χ1) is 17.0. The van der Waals surface area contributed by atoms with Gasteiger partial charge in [0.2, 0.25) is 0 Å². The Bertz CT molecular complexity index is 1380. The lowest BCUT2D eigenvalue weighted by molar-refractivity contribution is 0.0981. The Morgan fingerprint density at radius 1 is 1.14 bits per heavy atom. The monoisotopic (exact) mass is 509 g/mol. The largest absolute Gasteiger partial charge is 0.495 e. The normalized spacial score (nSPS) is 17.0. The molecule has 1 unspecified atom stereocenters. The molecule has 3 heterocycles. The molecule has 1 amide bonds. The number of aromatic nitrogens is 2. The van der Waals surface area contributed by atoms with Crippen molar-refractivity contribution in [2.45, 2.75) is 37.8 Å². The minimum absolute atomic E-state index is 0.200. The van der Waals surface area contributed by atoms with Crippen molar-refractivity contribution in [3.63, 3.8) is 0 Å². The molecule has 36 heavy (non-hydrogen) atoms. The van der Waals surface area contributed by atoms with E-state index in [9.17, 15) is 13.2 Å². The number of para-hydroxylation sites is 2. The molecule has 1 aliphatic heterocycles. The van der Waals surface area contributed by atoms with Crippen molar-refractivity contribution in [1.82, 2.24) is 14.7 Å². The molecule has 0 aliphatic carbocycles. The lowest BCUT2D eigenvalue weighted by Crippen LogP contribution is -2.41. The van der Waals surface area contributed by atoms with E-state index in [1.165, 1.54) is 6.07 Å². The van der Waals surface area contributed by atoms with Gasteiger partial charge < -0.3 is 14.5 Å². The number of benzene rings is 1. The molecule has 0 bridgehead atoms. The van der Waals surface area contributed by atoms with E-state index < -0.39 is 15.9 Å². The minimum atomic E-state index is -4.26. The lowest BCUT2D eigenvalue weighted by atomic mass is 9.97. The highest BCUT2D eigenvalue weighted by Gasteiger charge is 2.39. The molecule has 1 atom stereocenters. The van der Waals surface area contributed by atoms with Crippen LogP contribution in [0.25, 0.3) is 0 Å². The fourth-order valence-electron chi connectivity index (χ4n) is 4.75. The SMILES string of the molecule is COc1ccccc1N(C)c1cccc(S(=O)(=O)NC(=O)c2cccnc2N2CC(C)CC2(C)C)n1.